The summed E-state index contributed by atoms with van der Waals surface area (Å²) >= 11 is 1.64. The van der Waals surface area contributed by atoms with Crippen molar-refractivity contribution in [1.29, 1.82) is 0 Å². The number of ether oxygens (including phenoxy) is 2. The highest BCUT2D eigenvalue weighted by atomic mass is 32.2. The molecule has 180 valence electrons. The lowest BCUT2D eigenvalue weighted by Gasteiger charge is -2.26. The predicted octanol–water partition coefficient (Wildman–Crippen LogP) is 2.60. The molecule has 11 heteroatoms. The van der Waals surface area contributed by atoms with Gasteiger partial charge in [0.1, 0.15) is 13.2 Å². The predicted molar refractivity (Wildman–Crippen MR) is 118 cm³/mol. The standard InChI is InChI=1S/C20H36O9SSi/c1-15(14-30-12-7-13-31(25-2,26-3)27-4)19(23)28-10-11-29-20(24)17-9-6-5-8-16(17)18(21)22/h15-17H,5-14H2,1-4H3,(H,21,22). The van der Waals surface area contributed by atoms with Gasteiger partial charge in [-0.05, 0) is 25.0 Å². The first-order valence-corrected chi connectivity index (χ1v) is 13.7. The second-order valence-corrected chi connectivity index (χ2v) is 11.8. The zero-order chi connectivity index (χ0) is 23.3. The summed E-state index contributed by atoms with van der Waals surface area (Å²) in [6.07, 6.45) is 3.49. The van der Waals surface area contributed by atoms with E-state index in [9.17, 15) is 19.5 Å². The van der Waals surface area contributed by atoms with Crippen molar-refractivity contribution >= 4 is 38.5 Å². The molecule has 0 aromatic rings. The molecule has 31 heavy (non-hydrogen) atoms. The molecule has 3 atom stereocenters. The Balaban J connectivity index is 2.20. The highest BCUT2D eigenvalue weighted by molar-refractivity contribution is 7.99. The Hall–Kier alpha value is -1.14. The monoisotopic (exact) mass is 480 g/mol. The fourth-order valence-corrected chi connectivity index (χ4v) is 6.50. The molecular formula is C20H36O9SSi. The molecular weight excluding hydrogens is 444 g/mol. The molecule has 1 rings (SSSR count). The molecule has 0 saturated heterocycles. The molecule has 3 unspecified atom stereocenters. The average molecular weight is 481 g/mol. The van der Waals surface area contributed by atoms with Gasteiger partial charge in [0.15, 0.2) is 0 Å². The van der Waals surface area contributed by atoms with E-state index in [1.54, 1.807) is 40.0 Å². The van der Waals surface area contributed by atoms with E-state index in [0.717, 1.165) is 25.0 Å². The van der Waals surface area contributed by atoms with Crippen LogP contribution in [0.25, 0.3) is 0 Å². The van der Waals surface area contributed by atoms with Crippen molar-refractivity contribution in [3.63, 3.8) is 0 Å². The lowest BCUT2D eigenvalue weighted by Crippen LogP contribution is -2.42. The second-order valence-electron chi connectivity index (χ2n) is 7.55. The minimum absolute atomic E-state index is 0.0341. The lowest BCUT2D eigenvalue weighted by atomic mass is 9.79. The third kappa shape index (κ3) is 9.48. The van der Waals surface area contributed by atoms with Crippen LogP contribution < -0.4 is 0 Å². The third-order valence-corrected chi connectivity index (χ3v) is 9.58. The number of carboxylic acid groups (broad SMARTS) is 1. The number of carbonyl (C=O) groups excluding carboxylic acids is 2. The van der Waals surface area contributed by atoms with Crippen LogP contribution >= 0.6 is 11.8 Å². The minimum Gasteiger partial charge on any atom is -0.481 e. The van der Waals surface area contributed by atoms with Crippen LogP contribution in [0.15, 0.2) is 0 Å². The average Bonchev–Trinajstić information content (AvgIpc) is 2.79. The number of rotatable bonds is 15. The number of thioether (sulfide) groups is 1. The van der Waals surface area contributed by atoms with Crippen molar-refractivity contribution in [2.75, 3.05) is 46.0 Å². The van der Waals surface area contributed by atoms with Crippen LogP contribution in [0.3, 0.4) is 0 Å². The van der Waals surface area contributed by atoms with Gasteiger partial charge < -0.3 is 27.9 Å². The topological polar surface area (TPSA) is 118 Å². The van der Waals surface area contributed by atoms with Gasteiger partial charge in [-0.15, -0.1) is 0 Å². The summed E-state index contributed by atoms with van der Waals surface area (Å²) in [5.74, 6) is -1.97. The number of carboxylic acids is 1. The maximum Gasteiger partial charge on any atom is 0.500 e. The Morgan fingerprint density at radius 3 is 2.16 bits per heavy atom. The summed E-state index contributed by atoms with van der Waals surface area (Å²) in [6, 6.07) is 0.706. The van der Waals surface area contributed by atoms with Crippen molar-refractivity contribution in [2.45, 2.75) is 45.1 Å². The van der Waals surface area contributed by atoms with Gasteiger partial charge in [0.2, 0.25) is 0 Å². The van der Waals surface area contributed by atoms with Crippen LogP contribution in [0.4, 0.5) is 0 Å². The Kier molecular flexibility index (Phi) is 13.3. The minimum atomic E-state index is -2.55. The Labute approximate surface area is 189 Å². The molecule has 1 N–H and O–H groups in total. The largest absolute Gasteiger partial charge is 0.500 e. The first-order chi connectivity index (χ1) is 14.8. The second kappa shape index (κ2) is 14.8. The third-order valence-electron chi connectivity index (χ3n) is 5.43. The maximum atomic E-state index is 12.2. The zero-order valence-electron chi connectivity index (χ0n) is 18.9. The first-order valence-electron chi connectivity index (χ1n) is 10.6. The summed E-state index contributed by atoms with van der Waals surface area (Å²) in [7, 11) is 2.20. The van der Waals surface area contributed by atoms with Crippen molar-refractivity contribution < 1.29 is 42.2 Å². The quantitative estimate of drug-likeness (QED) is 0.213. The number of hydrogen-bond donors (Lipinski definition) is 1. The number of esters is 2. The normalized spacial score (nSPS) is 20.1. The highest BCUT2D eigenvalue weighted by Gasteiger charge is 2.37. The Morgan fingerprint density at radius 2 is 1.58 bits per heavy atom. The molecule has 1 saturated carbocycles. The summed E-state index contributed by atoms with van der Waals surface area (Å²) in [4.78, 5) is 35.6. The van der Waals surface area contributed by atoms with Crippen LogP contribution in [0.2, 0.25) is 6.04 Å². The summed E-state index contributed by atoms with van der Waals surface area (Å²) < 4.78 is 26.5. The SMILES string of the molecule is CO[Si](CCCSCC(C)C(=O)OCCOC(=O)C1CCCCC1C(=O)O)(OC)OC. The van der Waals surface area contributed by atoms with Crippen molar-refractivity contribution in [2.24, 2.45) is 17.8 Å². The number of aliphatic carboxylic acids is 1. The van der Waals surface area contributed by atoms with Gasteiger partial charge in [0, 0.05) is 33.1 Å². The van der Waals surface area contributed by atoms with Gasteiger partial charge in [-0.25, -0.2) is 0 Å². The van der Waals surface area contributed by atoms with Gasteiger partial charge in [-0.2, -0.15) is 11.8 Å². The van der Waals surface area contributed by atoms with Gasteiger partial charge in [0.05, 0.1) is 17.8 Å². The molecule has 0 spiro atoms. The number of carbonyl (C=O) groups is 3. The van der Waals surface area contributed by atoms with Crippen molar-refractivity contribution in [3.05, 3.63) is 0 Å². The molecule has 0 heterocycles. The van der Waals surface area contributed by atoms with Crippen LogP contribution in [0, 0.1) is 17.8 Å². The van der Waals surface area contributed by atoms with E-state index in [1.165, 1.54) is 0 Å². The molecule has 1 aliphatic rings. The van der Waals surface area contributed by atoms with E-state index in [4.69, 9.17) is 22.8 Å². The summed E-state index contributed by atoms with van der Waals surface area (Å²) in [6.45, 7) is 1.69. The molecule has 0 radical (unpaired) electrons. The van der Waals surface area contributed by atoms with Crippen LogP contribution in [-0.4, -0.2) is 77.9 Å². The Morgan fingerprint density at radius 1 is 1.00 bits per heavy atom. The highest BCUT2D eigenvalue weighted by Crippen LogP contribution is 2.31. The molecule has 9 nitrogen and oxygen atoms in total. The maximum absolute atomic E-state index is 12.2. The number of hydrogen-bond acceptors (Lipinski definition) is 9. The van der Waals surface area contributed by atoms with Gasteiger partial charge in [-0.1, -0.05) is 19.8 Å². The van der Waals surface area contributed by atoms with Crippen molar-refractivity contribution in [3.8, 4) is 0 Å². The molecule has 0 aromatic carbocycles. The molecule has 1 aliphatic carbocycles. The lowest BCUT2D eigenvalue weighted by molar-refractivity contribution is -0.162. The van der Waals surface area contributed by atoms with E-state index in [1.807, 2.05) is 0 Å². The first kappa shape index (κ1) is 27.9. The fraction of sp³-hybridized carbons (Fsp3) is 0.850. The Bertz CT molecular complexity index is 563. The van der Waals surface area contributed by atoms with Crippen LogP contribution in [0.5, 0.6) is 0 Å². The van der Waals surface area contributed by atoms with Gasteiger partial charge in [0.25, 0.3) is 0 Å². The van der Waals surface area contributed by atoms with E-state index in [-0.39, 0.29) is 25.1 Å². The van der Waals surface area contributed by atoms with Gasteiger partial charge >= 0.3 is 26.7 Å². The molecule has 0 amide bonds. The van der Waals surface area contributed by atoms with Crippen molar-refractivity contribution in [1.82, 2.24) is 0 Å². The fourth-order valence-electron chi connectivity index (χ4n) is 3.52. The van der Waals surface area contributed by atoms with E-state index in [0.29, 0.717) is 24.6 Å². The van der Waals surface area contributed by atoms with Gasteiger partial charge in [-0.3, -0.25) is 14.4 Å². The summed E-state index contributed by atoms with van der Waals surface area (Å²) in [5, 5.41) is 9.25. The molecule has 0 bridgehead atoms. The van der Waals surface area contributed by atoms with Crippen LogP contribution in [-0.2, 0) is 37.1 Å². The molecule has 0 aromatic heterocycles. The summed E-state index contributed by atoms with van der Waals surface area (Å²) in [5.41, 5.74) is 0. The van der Waals surface area contributed by atoms with Crippen LogP contribution in [0.1, 0.15) is 39.0 Å². The molecule has 1 fully saturated rings. The van der Waals surface area contributed by atoms with E-state index >= 15 is 0 Å². The smallest absolute Gasteiger partial charge is 0.481 e. The zero-order valence-corrected chi connectivity index (χ0v) is 20.7. The molecule has 0 aliphatic heterocycles. The van der Waals surface area contributed by atoms with E-state index < -0.39 is 32.6 Å². The van der Waals surface area contributed by atoms with E-state index in [2.05, 4.69) is 0 Å².